The van der Waals surface area contributed by atoms with Gasteiger partial charge in [0.1, 0.15) is 11.6 Å². The third-order valence-corrected chi connectivity index (χ3v) is 6.36. The van der Waals surface area contributed by atoms with Gasteiger partial charge in [-0.05, 0) is 55.0 Å². The maximum absolute atomic E-state index is 12.5. The molecule has 1 N–H and O–H groups in total. The molecule has 28 heavy (non-hydrogen) atoms. The molecule has 1 aromatic heterocycles. The Morgan fingerprint density at radius 1 is 1.14 bits per heavy atom. The van der Waals surface area contributed by atoms with Crippen LogP contribution < -0.4 is 5.32 Å². The van der Waals surface area contributed by atoms with Gasteiger partial charge in [-0.25, -0.2) is 0 Å². The molecule has 0 aliphatic rings. The number of hydrogen-bond donors (Lipinski definition) is 1. The second-order valence-corrected chi connectivity index (χ2v) is 8.91. The van der Waals surface area contributed by atoms with Crippen molar-refractivity contribution in [1.29, 1.82) is 5.26 Å². The van der Waals surface area contributed by atoms with Crippen LogP contribution in [-0.4, -0.2) is 5.91 Å². The first kappa shape index (κ1) is 20.2. The minimum Gasteiger partial charge on any atom is -0.345 e. The van der Waals surface area contributed by atoms with Crippen molar-refractivity contribution in [3.8, 4) is 6.07 Å². The van der Waals surface area contributed by atoms with Crippen molar-refractivity contribution >= 4 is 46.7 Å². The molecular weight excluding hydrogens is 408 g/mol. The van der Waals surface area contributed by atoms with Crippen molar-refractivity contribution in [2.24, 2.45) is 0 Å². The number of nitriles is 1. The van der Waals surface area contributed by atoms with Crippen molar-refractivity contribution in [1.82, 2.24) is 5.32 Å². The first-order chi connectivity index (χ1) is 13.5. The monoisotopic (exact) mass is 424 g/mol. The second kappa shape index (κ2) is 9.61. The van der Waals surface area contributed by atoms with E-state index in [4.69, 9.17) is 11.6 Å². The van der Waals surface area contributed by atoms with Crippen LogP contribution in [-0.2, 0) is 4.79 Å². The van der Waals surface area contributed by atoms with Gasteiger partial charge in [0.05, 0.1) is 10.3 Å². The Bertz CT molecular complexity index is 1020. The van der Waals surface area contributed by atoms with Gasteiger partial charge in [0.2, 0.25) is 0 Å². The van der Waals surface area contributed by atoms with E-state index in [1.165, 1.54) is 11.3 Å². The van der Waals surface area contributed by atoms with Gasteiger partial charge < -0.3 is 5.32 Å². The number of halogens is 1. The number of nitrogens with zero attached hydrogens (tertiary/aromatic N) is 1. The first-order valence-electron chi connectivity index (χ1n) is 8.56. The highest BCUT2D eigenvalue weighted by Crippen LogP contribution is 2.34. The van der Waals surface area contributed by atoms with Crippen molar-refractivity contribution in [3.63, 3.8) is 0 Å². The van der Waals surface area contributed by atoms with Gasteiger partial charge in [0.25, 0.3) is 5.91 Å². The predicted octanol–water partition coefficient (Wildman–Crippen LogP) is 6.34. The maximum Gasteiger partial charge on any atom is 0.262 e. The van der Waals surface area contributed by atoms with Crippen LogP contribution in [0.5, 0.6) is 0 Å². The van der Waals surface area contributed by atoms with Gasteiger partial charge in [-0.3, -0.25) is 4.79 Å². The van der Waals surface area contributed by atoms with E-state index in [2.05, 4.69) is 5.32 Å². The van der Waals surface area contributed by atoms with Crippen molar-refractivity contribution in [3.05, 3.63) is 87.8 Å². The average Bonchev–Trinajstić information content (AvgIpc) is 3.15. The van der Waals surface area contributed by atoms with Crippen molar-refractivity contribution in [2.75, 3.05) is 0 Å². The van der Waals surface area contributed by atoms with Gasteiger partial charge in [0, 0.05) is 14.8 Å². The van der Waals surface area contributed by atoms with Gasteiger partial charge >= 0.3 is 0 Å². The molecule has 1 amide bonds. The predicted molar refractivity (Wildman–Crippen MR) is 116 cm³/mol. The summed E-state index contributed by atoms with van der Waals surface area (Å²) >= 11 is 9.06. The lowest BCUT2D eigenvalue weighted by atomic mass is 10.1. The standard InChI is InChI=1S/C22H17ClN2OS2/c1-15(16-5-3-2-4-6-16)25-22(26)17(14-24)13-20-11-12-21(28-20)27-19-9-7-18(23)8-10-19/h2-13,15H,1H3,(H,25,26)/b17-13-/t15-/m0/s1. The minimum absolute atomic E-state index is 0.0904. The molecule has 0 saturated carbocycles. The molecule has 140 valence electrons. The fourth-order valence-electron chi connectivity index (χ4n) is 2.48. The van der Waals surface area contributed by atoms with Gasteiger partial charge in [-0.1, -0.05) is 53.7 Å². The summed E-state index contributed by atoms with van der Waals surface area (Å²) in [6, 6.07) is 23.0. The molecule has 0 radical (unpaired) electrons. The third-order valence-electron chi connectivity index (χ3n) is 3.93. The van der Waals surface area contributed by atoms with Crippen LogP contribution >= 0.6 is 34.7 Å². The second-order valence-electron chi connectivity index (χ2n) is 5.99. The SMILES string of the molecule is C[C@H](NC(=O)/C(C#N)=C\c1ccc(Sc2ccc(Cl)cc2)s1)c1ccccc1. The molecule has 0 unspecified atom stereocenters. The zero-order chi connectivity index (χ0) is 19.9. The highest BCUT2D eigenvalue weighted by molar-refractivity contribution is 8.01. The van der Waals surface area contributed by atoms with Crippen LogP contribution in [0.15, 0.2) is 81.4 Å². The normalized spacial score (nSPS) is 12.2. The van der Waals surface area contributed by atoms with Crippen LogP contribution in [0.2, 0.25) is 5.02 Å². The van der Waals surface area contributed by atoms with E-state index in [0.29, 0.717) is 5.02 Å². The third kappa shape index (κ3) is 5.49. The molecule has 3 rings (SSSR count). The Balaban J connectivity index is 1.68. The molecule has 0 aliphatic heterocycles. The molecule has 1 heterocycles. The molecule has 1 atom stereocenters. The molecule has 3 nitrogen and oxygen atoms in total. The molecule has 6 heteroatoms. The average molecular weight is 425 g/mol. The van der Waals surface area contributed by atoms with E-state index in [0.717, 1.165) is 19.5 Å². The lowest BCUT2D eigenvalue weighted by Gasteiger charge is -2.13. The Morgan fingerprint density at radius 3 is 2.54 bits per heavy atom. The molecular formula is C22H17ClN2OS2. The number of benzene rings is 2. The maximum atomic E-state index is 12.5. The van der Waals surface area contributed by atoms with E-state index in [1.807, 2.05) is 79.7 Å². The van der Waals surface area contributed by atoms with Crippen LogP contribution in [0, 0.1) is 11.3 Å². The zero-order valence-electron chi connectivity index (χ0n) is 15.1. The summed E-state index contributed by atoms with van der Waals surface area (Å²) in [6.45, 7) is 1.90. The first-order valence-corrected chi connectivity index (χ1v) is 10.6. The quantitative estimate of drug-likeness (QED) is 0.371. The van der Waals surface area contributed by atoms with Gasteiger partial charge in [-0.15, -0.1) is 11.3 Å². The highest BCUT2D eigenvalue weighted by Gasteiger charge is 2.14. The van der Waals surface area contributed by atoms with Gasteiger partial charge in [0.15, 0.2) is 0 Å². The summed E-state index contributed by atoms with van der Waals surface area (Å²) in [6.07, 6.45) is 1.63. The molecule has 0 spiro atoms. The van der Waals surface area contributed by atoms with E-state index in [-0.39, 0.29) is 17.5 Å². The lowest BCUT2D eigenvalue weighted by Crippen LogP contribution is -2.27. The van der Waals surface area contributed by atoms with Gasteiger partial charge in [-0.2, -0.15) is 5.26 Å². The molecule has 3 aromatic rings. The van der Waals surface area contributed by atoms with Crippen LogP contribution in [0.3, 0.4) is 0 Å². The molecule has 0 fully saturated rings. The summed E-state index contributed by atoms with van der Waals surface area (Å²) in [5.74, 6) is -0.376. The fraction of sp³-hybridized carbons (Fsp3) is 0.0909. The summed E-state index contributed by atoms with van der Waals surface area (Å²) < 4.78 is 1.07. The minimum atomic E-state index is -0.376. The fourth-order valence-corrected chi connectivity index (χ4v) is 4.67. The lowest BCUT2D eigenvalue weighted by molar-refractivity contribution is -0.117. The number of hydrogen-bond acceptors (Lipinski definition) is 4. The molecule has 0 saturated heterocycles. The number of nitrogens with one attached hydrogen (secondary N) is 1. The largest absolute Gasteiger partial charge is 0.345 e. The molecule has 2 aromatic carbocycles. The Labute approximate surface area is 177 Å². The van der Waals surface area contributed by atoms with E-state index >= 15 is 0 Å². The number of rotatable bonds is 6. The van der Waals surface area contributed by atoms with E-state index in [1.54, 1.807) is 17.8 Å². The number of carbonyl (C=O) groups excluding carboxylic acids is 1. The molecule has 0 bridgehead atoms. The molecule has 0 aliphatic carbocycles. The summed E-state index contributed by atoms with van der Waals surface area (Å²) in [5.41, 5.74) is 1.08. The van der Waals surface area contributed by atoms with Crippen molar-refractivity contribution < 1.29 is 4.79 Å². The van der Waals surface area contributed by atoms with Crippen LogP contribution in [0.25, 0.3) is 6.08 Å². The Morgan fingerprint density at radius 2 is 1.86 bits per heavy atom. The number of thiophene rings is 1. The Kier molecular flexibility index (Phi) is 6.94. The van der Waals surface area contributed by atoms with Crippen LogP contribution in [0.1, 0.15) is 23.4 Å². The zero-order valence-corrected chi connectivity index (χ0v) is 17.4. The van der Waals surface area contributed by atoms with E-state index < -0.39 is 0 Å². The van der Waals surface area contributed by atoms with Crippen molar-refractivity contribution in [2.45, 2.75) is 22.1 Å². The Hall–Kier alpha value is -2.52. The highest BCUT2D eigenvalue weighted by atomic mass is 35.5. The summed E-state index contributed by atoms with van der Waals surface area (Å²) in [4.78, 5) is 14.4. The number of carbonyl (C=O) groups is 1. The smallest absolute Gasteiger partial charge is 0.262 e. The number of amides is 1. The van der Waals surface area contributed by atoms with E-state index in [9.17, 15) is 10.1 Å². The summed E-state index contributed by atoms with van der Waals surface area (Å²) in [5, 5.41) is 13.0. The van der Waals surface area contributed by atoms with Crippen LogP contribution in [0.4, 0.5) is 0 Å². The summed E-state index contributed by atoms with van der Waals surface area (Å²) in [7, 11) is 0. The topological polar surface area (TPSA) is 52.9 Å².